The number of fused-ring (bicyclic) bond motifs is 3. The van der Waals surface area contributed by atoms with Gasteiger partial charge in [-0.15, -0.1) is 6.58 Å². The lowest BCUT2D eigenvalue weighted by atomic mass is 9.96. The molecule has 1 saturated heterocycles. The number of amides is 4. The van der Waals surface area contributed by atoms with Crippen LogP contribution in [-0.2, 0) is 19.1 Å². The molecular formula is C39H48N6O9S. The molecular weight excluding hydrogens is 729 g/mol. The maximum absolute atomic E-state index is 13.2. The van der Waals surface area contributed by atoms with Crippen LogP contribution < -0.4 is 34.3 Å². The Morgan fingerprint density at radius 2 is 1.91 bits per heavy atom. The molecule has 2 fully saturated rings. The van der Waals surface area contributed by atoms with Gasteiger partial charge in [-0.25, -0.2) is 14.8 Å². The number of rotatable bonds is 16. The molecule has 294 valence electrons. The molecule has 1 aromatic heterocycles. The summed E-state index contributed by atoms with van der Waals surface area (Å²) in [4.78, 5) is 62.5. The second-order valence-corrected chi connectivity index (χ2v) is 16.1. The zero-order valence-corrected chi connectivity index (χ0v) is 32.6. The van der Waals surface area contributed by atoms with Gasteiger partial charge in [-0.2, -0.15) is 0 Å². The van der Waals surface area contributed by atoms with Crippen LogP contribution in [0, 0.1) is 5.41 Å². The second kappa shape index (κ2) is 16.6. The quantitative estimate of drug-likeness (QED) is 0.132. The van der Waals surface area contributed by atoms with Crippen molar-refractivity contribution in [2.24, 2.45) is 5.41 Å². The van der Waals surface area contributed by atoms with Crippen LogP contribution in [-0.4, -0.2) is 95.2 Å². The van der Waals surface area contributed by atoms with Crippen molar-refractivity contribution in [3.05, 3.63) is 49.1 Å². The minimum Gasteiger partial charge on any atom is -0.493 e. The van der Waals surface area contributed by atoms with Gasteiger partial charge >= 0.3 is 6.09 Å². The topological polar surface area (TPSA) is 180 Å². The highest BCUT2D eigenvalue weighted by Gasteiger charge is 2.37. The van der Waals surface area contributed by atoms with Crippen LogP contribution in [0.4, 0.5) is 4.79 Å². The van der Waals surface area contributed by atoms with Gasteiger partial charge in [0.15, 0.2) is 11.5 Å². The average molecular weight is 777 g/mol. The molecule has 6 rings (SSSR count). The molecule has 0 bridgehead atoms. The number of hydrogen-bond acceptors (Lipinski definition) is 12. The molecule has 0 spiro atoms. The fraction of sp³-hybridized carbons (Fsp3) is 0.487. The zero-order chi connectivity index (χ0) is 39.3. The van der Waals surface area contributed by atoms with Gasteiger partial charge in [0.05, 0.1) is 19.2 Å². The summed E-state index contributed by atoms with van der Waals surface area (Å²) in [6.07, 6.45) is 4.25. The van der Waals surface area contributed by atoms with Crippen molar-refractivity contribution < 1.29 is 42.9 Å². The highest BCUT2D eigenvalue weighted by molar-refractivity contribution is 7.98. The minimum atomic E-state index is -0.817. The van der Waals surface area contributed by atoms with Crippen molar-refractivity contribution in [3.63, 3.8) is 0 Å². The van der Waals surface area contributed by atoms with Crippen LogP contribution in [0.5, 0.6) is 23.1 Å². The van der Waals surface area contributed by atoms with Crippen LogP contribution in [0.15, 0.2) is 49.1 Å². The first-order valence-electron chi connectivity index (χ1n) is 18.3. The minimum absolute atomic E-state index is 0.00410. The van der Waals surface area contributed by atoms with Gasteiger partial charge in [0.2, 0.25) is 23.5 Å². The van der Waals surface area contributed by atoms with Crippen LogP contribution in [0.25, 0.3) is 22.3 Å². The normalized spacial score (nSPS) is 17.6. The SMILES string of the molecule is C=CC[C@@H](NC(=O)C1CCCN1C(=O)CNC(=O)OCC(C)(C)COc1cccc(-c2nc3ccc4c(c3nc2OC)OC(C)(C)O4)c1)C(=O)NSC1CC1. The van der Waals surface area contributed by atoms with Crippen molar-refractivity contribution in [3.8, 4) is 34.4 Å². The first kappa shape index (κ1) is 39.4. The predicted molar refractivity (Wildman–Crippen MR) is 206 cm³/mol. The number of ether oxygens (including phenoxy) is 5. The van der Waals surface area contributed by atoms with Crippen LogP contribution in [0.3, 0.4) is 0 Å². The smallest absolute Gasteiger partial charge is 0.407 e. The lowest BCUT2D eigenvalue weighted by molar-refractivity contribution is -0.138. The Bertz CT molecular complexity index is 1950. The van der Waals surface area contributed by atoms with Crippen molar-refractivity contribution in [2.45, 2.75) is 82.9 Å². The Hall–Kier alpha value is -5.25. The fourth-order valence-corrected chi connectivity index (χ4v) is 6.92. The summed E-state index contributed by atoms with van der Waals surface area (Å²) in [6.45, 7) is 11.3. The summed E-state index contributed by atoms with van der Waals surface area (Å²) in [5, 5.41) is 5.69. The number of carbonyl (C=O) groups excluding carboxylic acids is 4. The summed E-state index contributed by atoms with van der Waals surface area (Å²) in [7, 11) is 1.53. The molecule has 55 heavy (non-hydrogen) atoms. The number of likely N-dealkylation sites (tertiary alicyclic amines) is 1. The summed E-state index contributed by atoms with van der Waals surface area (Å²) in [5.74, 6) is 0.0243. The van der Waals surface area contributed by atoms with Gasteiger partial charge in [0.1, 0.15) is 42.2 Å². The third-order valence-corrected chi connectivity index (χ3v) is 10.2. The first-order chi connectivity index (χ1) is 26.3. The maximum Gasteiger partial charge on any atom is 0.407 e. The van der Waals surface area contributed by atoms with E-state index in [2.05, 4.69) is 21.9 Å². The molecule has 2 atom stereocenters. The lowest BCUT2D eigenvalue weighted by Gasteiger charge is -2.26. The lowest BCUT2D eigenvalue weighted by Crippen LogP contribution is -2.53. The Labute approximate surface area is 324 Å². The number of nitrogens with one attached hydrogen (secondary N) is 3. The molecule has 3 heterocycles. The number of benzene rings is 2. The highest BCUT2D eigenvalue weighted by Crippen LogP contribution is 2.44. The van der Waals surface area contributed by atoms with Crippen molar-refractivity contribution in [1.29, 1.82) is 0 Å². The molecule has 4 amide bonds. The van der Waals surface area contributed by atoms with E-state index < -0.39 is 41.2 Å². The van der Waals surface area contributed by atoms with E-state index in [0.717, 1.165) is 18.4 Å². The number of nitrogens with zero attached hydrogens (tertiary/aromatic N) is 3. The van der Waals surface area contributed by atoms with E-state index in [4.69, 9.17) is 33.7 Å². The van der Waals surface area contributed by atoms with Crippen molar-refractivity contribution in [1.82, 2.24) is 30.2 Å². The molecule has 15 nitrogen and oxygen atoms in total. The fourth-order valence-electron chi connectivity index (χ4n) is 6.12. The van der Waals surface area contributed by atoms with E-state index in [9.17, 15) is 19.2 Å². The number of hydrogen-bond donors (Lipinski definition) is 3. The van der Waals surface area contributed by atoms with Gasteiger partial charge in [-0.1, -0.05) is 32.1 Å². The molecule has 16 heteroatoms. The molecule has 3 aromatic rings. The predicted octanol–water partition coefficient (Wildman–Crippen LogP) is 4.92. The summed E-state index contributed by atoms with van der Waals surface area (Å²) in [6, 6.07) is 9.46. The Balaban J connectivity index is 0.981. The Morgan fingerprint density at radius 1 is 1.11 bits per heavy atom. The Morgan fingerprint density at radius 3 is 2.65 bits per heavy atom. The summed E-state index contributed by atoms with van der Waals surface area (Å²) in [5.41, 5.74) is 1.80. The molecule has 1 unspecified atom stereocenters. The molecule has 1 saturated carbocycles. The van der Waals surface area contributed by atoms with E-state index in [1.165, 1.54) is 24.0 Å². The standard InChI is InChI=1S/C39H48N6O9S/c1-7-10-27(34(47)44-55-25-14-15-25)42-35(48)28-13-9-18-45(28)30(46)20-40-37(49)52-22-38(2,3)21-51-24-12-8-11-23(19-24)31-36(50-6)43-32-26(41-31)16-17-29-33(32)54-39(4,5)53-29/h7-8,11-12,16-17,19,25,27-28H,1,9-10,13-15,18,20-22H2,2-6H3,(H,40,49)(H,42,48)(H,44,47)/t27-,28?/m1/s1. The van der Waals surface area contributed by atoms with E-state index in [1.807, 2.05) is 64.1 Å². The molecule has 3 N–H and O–H groups in total. The summed E-state index contributed by atoms with van der Waals surface area (Å²) >= 11 is 1.37. The largest absolute Gasteiger partial charge is 0.493 e. The third kappa shape index (κ3) is 9.90. The highest BCUT2D eigenvalue weighted by atomic mass is 32.2. The monoisotopic (exact) mass is 776 g/mol. The third-order valence-electron chi connectivity index (χ3n) is 9.10. The van der Waals surface area contributed by atoms with E-state index in [0.29, 0.717) is 64.5 Å². The Kier molecular flexibility index (Phi) is 11.9. The molecule has 2 aromatic carbocycles. The van der Waals surface area contributed by atoms with Crippen LogP contribution in [0.2, 0.25) is 0 Å². The van der Waals surface area contributed by atoms with E-state index in [1.54, 1.807) is 6.08 Å². The van der Waals surface area contributed by atoms with Crippen LogP contribution >= 0.6 is 11.9 Å². The number of aromatic nitrogens is 2. The maximum atomic E-state index is 13.2. The molecule has 1 aliphatic carbocycles. The number of methoxy groups -OCH3 is 1. The number of carbonyl (C=O) groups is 4. The zero-order valence-electron chi connectivity index (χ0n) is 31.8. The van der Waals surface area contributed by atoms with E-state index >= 15 is 0 Å². The number of alkyl carbamates (subject to hydrolysis) is 1. The summed E-state index contributed by atoms with van der Waals surface area (Å²) < 4.78 is 31.9. The van der Waals surface area contributed by atoms with Gasteiger partial charge in [0.25, 0.3) is 5.91 Å². The first-order valence-corrected chi connectivity index (χ1v) is 19.2. The van der Waals surface area contributed by atoms with Crippen molar-refractivity contribution >= 4 is 46.8 Å². The average Bonchev–Trinajstić information content (AvgIpc) is 3.75. The van der Waals surface area contributed by atoms with Gasteiger partial charge in [-0.05, 0) is 68.3 Å². The van der Waals surface area contributed by atoms with Gasteiger partial charge in [-0.3, -0.25) is 19.1 Å². The molecule has 3 aliphatic rings. The van der Waals surface area contributed by atoms with Gasteiger partial charge in [0, 0.05) is 36.6 Å². The van der Waals surface area contributed by atoms with Gasteiger partial charge < -0.3 is 39.2 Å². The van der Waals surface area contributed by atoms with Crippen LogP contribution in [0.1, 0.15) is 59.8 Å². The molecule has 2 aliphatic heterocycles. The van der Waals surface area contributed by atoms with Crippen molar-refractivity contribution in [2.75, 3.05) is 33.4 Å². The molecule has 0 radical (unpaired) electrons. The van der Waals surface area contributed by atoms with E-state index in [-0.39, 0.29) is 32.1 Å². The second-order valence-electron chi connectivity index (χ2n) is 15.0.